The van der Waals surface area contributed by atoms with Gasteiger partial charge in [0, 0.05) is 5.56 Å². The lowest BCUT2D eigenvalue weighted by atomic mass is 10.1. The highest BCUT2D eigenvalue weighted by atomic mass is 19.1. The van der Waals surface area contributed by atoms with Gasteiger partial charge in [-0.05, 0) is 59.7 Å². The number of hydrazone groups is 1. The molecular formula is C25H19FN2O3. The quantitative estimate of drug-likeness (QED) is 0.330. The highest BCUT2D eigenvalue weighted by Crippen LogP contribution is 2.22. The van der Waals surface area contributed by atoms with Gasteiger partial charge in [-0.25, -0.2) is 9.82 Å². The minimum absolute atomic E-state index is 0.166. The molecular weight excluding hydrogens is 395 g/mol. The zero-order valence-corrected chi connectivity index (χ0v) is 16.5. The Kier molecular flexibility index (Phi) is 6.18. The first-order valence-electron chi connectivity index (χ1n) is 9.63. The molecule has 0 saturated carbocycles. The molecule has 3 aromatic carbocycles. The van der Waals surface area contributed by atoms with Crippen LogP contribution in [-0.4, -0.2) is 18.7 Å². The Morgan fingerprint density at radius 1 is 0.871 bits per heavy atom. The molecule has 5 nitrogen and oxygen atoms in total. The smallest absolute Gasteiger partial charge is 0.277 e. The summed E-state index contributed by atoms with van der Waals surface area (Å²) in [6.45, 7) is -0.166. The molecule has 0 aliphatic carbocycles. The van der Waals surface area contributed by atoms with E-state index in [2.05, 4.69) is 10.5 Å². The molecule has 1 N–H and O–H groups in total. The van der Waals surface area contributed by atoms with Crippen molar-refractivity contribution >= 4 is 12.1 Å². The number of halogens is 1. The molecule has 0 radical (unpaired) electrons. The first-order valence-corrected chi connectivity index (χ1v) is 9.63. The molecule has 0 aliphatic rings. The van der Waals surface area contributed by atoms with Gasteiger partial charge in [0.2, 0.25) is 0 Å². The average molecular weight is 414 g/mol. The maximum absolute atomic E-state index is 13.0. The summed E-state index contributed by atoms with van der Waals surface area (Å²) in [5.41, 5.74) is 5.32. The summed E-state index contributed by atoms with van der Waals surface area (Å²) in [6.07, 6.45) is 1.39. The van der Waals surface area contributed by atoms with Crippen molar-refractivity contribution in [1.82, 2.24) is 5.43 Å². The van der Waals surface area contributed by atoms with Crippen LogP contribution in [0.3, 0.4) is 0 Å². The van der Waals surface area contributed by atoms with Gasteiger partial charge in [0.05, 0.1) is 6.21 Å². The maximum Gasteiger partial charge on any atom is 0.277 e. The van der Waals surface area contributed by atoms with Crippen LogP contribution >= 0.6 is 0 Å². The lowest BCUT2D eigenvalue weighted by Gasteiger charge is -2.06. The molecule has 0 aliphatic heterocycles. The van der Waals surface area contributed by atoms with Crippen LogP contribution in [0.25, 0.3) is 22.5 Å². The maximum atomic E-state index is 13.0. The predicted octanol–water partition coefficient (Wildman–Crippen LogP) is 5.28. The van der Waals surface area contributed by atoms with Crippen LogP contribution in [0.1, 0.15) is 5.76 Å². The van der Waals surface area contributed by atoms with Gasteiger partial charge in [0.25, 0.3) is 5.91 Å². The molecule has 4 aromatic rings. The number of carbonyl (C=O) groups is 1. The molecule has 6 heteroatoms. The lowest BCUT2D eigenvalue weighted by Crippen LogP contribution is -2.24. The number of furan rings is 1. The Balaban J connectivity index is 1.26. The highest BCUT2D eigenvalue weighted by molar-refractivity contribution is 5.81. The number of hydrogen-bond acceptors (Lipinski definition) is 4. The molecule has 31 heavy (non-hydrogen) atoms. The Bertz CT molecular complexity index is 1170. The van der Waals surface area contributed by atoms with Gasteiger partial charge in [-0.3, -0.25) is 4.79 Å². The van der Waals surface area contributed by atoms with Crippen LogP contribution in [0, 0.1) is 5.82 Å². The van der Waals surface area contributed by atoms with E-state index in [0.717, 1.165) is 16.7 Å². The van der Waals surface area contributed by atoms with Crippen molar-refractivity contribution in [2.45, 2.75) is 0 Å². The monoisotopic (exact) mass is 414 g/mol. The van der Waals surface area contributed by atoms with E-state index in [0.29, 0.717) is 17.3 Å². The van der Waals surface area contributed by atoms with Crippen molar-refractivity contribution in [3.8, 4) is 28.2 Å². The van der Waals surface area contributed by atoms with Crippen molar-refractivity contribution in [1.29, 1.82) is 0 Å². The summed E-state index contributed by atoms with van der Waals surface area (Å²) in [5.74, 6) is 0.920. The second-order valence-electron chi connectivity index (χ2n) is 6.68. The van der Waals surface area contributed by atoms with Crippen molar-refractivity contribution in [3.05, 3.63) is 103 Å². The second kappa shape index (κ2) is 9.54. The molecule has 0 bridgehead atoms. The third-order valence-electron chi connectivity index (χ3n) is 4.47. The number of nitrogens with one attached hydrogen (secondary N) is 1. The number of nitrogens with zero attached hydrogens (tertiary/aromatic N) is 1. The van der Waals surface area contributed by atoms with Crippen molar-refractivity contribution in [2.75, 3.05) is 6.61 Å². The Morgan fingerprint density at radius 3 is 2.29 bits per heavy atom. The summed E-state index contributed by atoms with van der Waals surface area (Å²) in [5, 5.41) is 3.87. The van der Waals surface area contributed by atoms with E-state index in [1.165, 1.54) is 18.3 Å². The number of hydrogen-bond donors (Lipinski definition) is 1. The van der Waals surface area contributed by atoms with Gasteiger partial charge < -0.3 is 9.15 Å². The van der Waals surface area contributed by atoms with E-state index in [4.69, 9.17) is 9.15 Å². The highest BCUT2D eigenvalue weighted by Gasteiger charge is 2.05. The number of amides is 1. The third-order valence-corrected chi connectivity index (χ3v) is 4.47. The second-order valence-corrected chi connectivity index (χ2v) is 6.68. The Hall–Kier alpha value is -4.19. The summed E-state index contributed by atoms with van der Waals surface area (Å²) < 4.78 is 24.1. The van der Waals surface area contributed by atoms with E-state index in [1.54, 1.807) is 24.3 Å². The van der Waals surface area contributed by atoms with Gasteiger partial charge >= 0.3 is 0 Å². The predicted molar refractivity (Wildman–Crippen MR) is 117 cm³/mol. The van der Waals surface area contributed by atoms with Crippen LogP contribution < -0.4 is 10.2 Å². The van der Waals surface area contributed by atoms with Gasteiger partial charge in [-0.1, -0.05) is 42.5 Å². The van der Waals surface area contributed by atoms with Crippen LogP contribution in [0.15, 0.2) is 101 Å². The zero-order chi connectivity index (χ0) is 21.5. The first kappa shape index (κ1) is 20.1. The summed E-state index contributed by atoms with van der Waals surface area (Å²) >= 11 is 0. The Morgan fingerprint density at radius 2 is 1.55 bits per heavy atom. The molecule has 0 atom stereocenters. The summed E-state index contributed by atoms with van der Waals surface area (Å²) in [4.78, 5) is 11.9. The number of ether oxygens (including phenoxy) is 1. The van der Waals surface area contributed by atoms with E-state index in [-0.39, 0.29) is 12.4 Å². The molecule has 0 saturated heterocycles. The lowest BCUT2D eigenvalue weighted by molar-refractivity contribution is -0.123. The molecule has 0 spiro atoms. The van der Waals surface area contributed by atoms with E-state index in [1.807, 2.05) is 54.6 Å². The largest absolute Gasteiger partial charge is 0.484 e. The van der Waals surface area contributed by atoms with Crippen LogP contribution in [0.4, 0.5) is 4.39 Å². The molecule has 1 amide bonds. The normalized spacial score (nSPS) is 10.9. The van der Waals surface area contributed by atoms with Crippen LogP contribution in [0.5, 0.6) is 5.75 Å². The SMILES string of the molecule is O=C(COc1ccc(-c2ccccc2)cc1)N/N=C/c1ccc(-c2ccc(F)cc2)o1. The van der Waals surface area contributed by atoms with Gasteiger partial charge in [0.15, 0.2) is 6.61 Å². The number of carbonyl (C=O) groups excluding carboxylic acids is 1. The molecule has 4 rings (SSSR count). The van der Waals surface area contributed by atoms with Gasteiger partial charge in [-0.2, -0.15) is 5.10 Å². The molecule has 154 valence electrons. The zero-order valence-electron chi connectivity index (χ0n) is 16.5. The van der Waals surface area contributed by atoms with E-state index in [9.17, 15) is 9.18 Å². The first-order chi connectivity index (χ1) is 15.2. The molecule has 0 fully saturated rings. The fourth-order valence-corrected chi connectivity index (χ4v) is 2.91. The fourth-order valence-electron chi connectivity index (χ4n) is 2.91. The standard InChI is InChI=1S/C25H19FN2O3/c26-21-10-6-20(7-11-21)24-15-14-23(31-24)16-27-28-25(29)17-30-22-12-8-19(9-13-22)18-4-2-1-3-5-18/h1-16H,17H2,(H,28,29)/b27-16+. The summed E-state index contributed by atoms with van der Waals surface area (Å²) in [7, 11) is 0. The van der Waals surface area contributed by atoms with Gasteiger partial charge in [0.1, 0.15) is 23.1 Å². The van der Waals surface area contributed by atoms with Crippen LogP contribution in [-0.2, 0) is 4.79 Å². The number of benzene rings is 3. The molecule has 0 unspecified atom stereocenters. The van der Waals surface area contributed by atoms with Crippen molar-refractivity contribution in [2.24, 2.45) is 5.10 Å². The fraction of sp³-hybridized carbons (Fsp3) is 0.0400. The number of rotatable bonds is 7. The third kappa shape index (κ3) is 5.45. The van der Waals surface area contributed by atoms with Crippen LogP contribution in [0.2, 0.25) is 0 Å². The molecule has 1 heterocycles. The minimum Gasteiger partial charge on any atom is -0.484 e. The van der Waals surface area contributed by atoms with E-state index >= 15 is 0 Å². The Labute approximate surface area is 178 Å². The minimum atomic E-state index is -0.395. The van der Waals surface area contributed by atoms with Crippen molar-refractivity contribution < 1.29 is 18.3 Å². The average Bonchev–Trinajstić information content (AvgIpc) is 3.28. The summed E-state index contributed by atoms with van der Waals surface area (Å²) in [6, 6.07) is 26.9. The topological polar surface area (TPSA) is 63.8 Å². The van der Waals surface area contributed by atoms with E-state index < -0.39 is 5.91 Å². The molecule has 1 aromatic heterocycles. The van der Waals surface area contributed by atoms with Crippen molar-refractivity contribution in [3.63, 3.8) is 0 Å². The van der Waals surface area contributed by atoms with Gasteiger partial charge in [-0.15, -0.1) is 0 Å².